The Labute approximate surface area is 168 Å². The normalized spacial score (nSPS) is 10.9. The van der Waals surface area contributed by atoms with Gasteiger partial charge in [-0.2, -0.15) is 5.10 Å². The van der Waals surface area contributed by atoms with Gasteiger partial charge in [-0.25, -0.2) is 10.2 Å². The fourth-order valence-electron chi connectivity index (χ4n) is 2.18. The van der Waals surface area contributed by atoms with E-state index in [0.29, 0.717) is 17.3 Å². The van der Waals surface area contributed by atoms with Crippen LogP contribution in [0.3, 0.4) is 0 Å². The van der Waals surface area contributed by atoms with Crippen molar-refractivity contribution in [1.82, 2.24) is 10.7 Å². The molecule has 0 fully saturated rings. The average molecular weight is 404 g/mol. The largest absolute Gasteiger partial charge is 0.497 e. The molecule has 0 radical (unpaired) electrons. The van der Waals surface area contributed by atoms with Gasteiger partial charge in [0.25, 0.3) is 0 Å². The van der Waals surface area contributed by atoms with E-state index in [1.165, 1.54) is 0 Å². The van der Waals surface area contributed by atoms with Gasteiger partial charge in [0, 0.05) is 17.3 Å². The van der Waals surface area contributed by atoms with Crippen LogP contribution in [-0.2, 0) is 22.7 Å². The quantitative estimate of drug-likeness (QED) is 0.520. The van der Waals surface area contributed by atoms with Crippen molar-refractivity contribution < 1.29 is 19.1 Å². The minimum Gasteiger partial charge on any atom is -0.497 e. The Morgan fingerprint density at radius 2 is 1.68 bits per heavy atom. The number of benzene rings is 2. The summed E-state index contributed by atoms with van der Waals surface area (Å²) in [5, 5.41) is 7.28. The SMILES string of the molecule is COc1ccc(COC(=O)NN=C(C)CC(=O)NCc2ccc(Cl)cc2)cc1. The molecule has 0 aliphatic rings. The van der Waals surface area contributed by atoms with Crippen LogP contribution in [-0.4, -0.2) is 24.8 Å². The van der Waals surface area contributed by atoms with Crippen molar-refractivity contribution in [2.24, 2.45) is 5.10 Å². The summed E-state index contributed by atoms with van der Waals surface area (Å²) in [7, 11) is 1.58. The molecule has 2 amide bonds. The molecule has 0 atom stereocenters. The first-order chi connectivity index (χ1) is 13.5. The maximum atomic E-state index is 11.9. The topological polar surface area (TPSA) is 89.0 Å². The zero-order valence-corrected chi connectivity index (χ0v) is 16.5. The van der Waals surface area contributed by atoms with Crippen molar-refractivity contribution in [2.45, 2.75) is 26.5 Å². The molecule has 8 heteroatoms. The van der Waals surface area contributed by atoms with Crippen LogP contribution < -0.4 is 15.5 Å². The van der Waals surface area contributed by atoms with Crippen LogP contribution >= 0.6 is 11.6 Å². The standard InChI is InChI=1S/C20H22ClN3O4/c1-14(11-19(25)22-12-15-3-7-17(21)8-4-15)23-24-20(26)28-13-16-5-9-18(27-2)10-6-16/h3-10H,11-13H2,1-2H3,(H,22,25)(H,24,26). The van der Waals surface area contributed by atoms with E-state index in [1.54, 1.807) is 50.4 Å². The van der Waals surface area contributed by atoms with Crippen molar-refractivity contribution in [3.05, 3.63) is 64.7 Å². The molecule has 0 unspecified atom stereocenters. The second kappa shape index (κ2) is 10.9. The number of halogens is 1. The van der Waals surface area contributed by atoms with Gasteiger partial charge >= 0.3 is 6.09 Å². The fraction of sp³-hybridized carbons (Fsp3) is 0.250. The summed E-state index contributed by atoms with van der Waals surface area (Å²) in [6.45, 7) is 2.14. The summed E-state index contributed by atoms with van der Waals surface area (Å²) in [5.41, 5.74) is 4.48. The summed E-state index contributed by atoms with van der Waals surface area (Å²) < 4.78 is 10.1. The van der Waals surface area contributed by atoms with Gasteiger partial charge < -0.3 is 14.8 Å². The van der Waals surface area contributed by atoms with Gasteiger partial charge in [-0.05, 0) is 42.3 Å². The van der Waals surface area contributed by atoms with Gasteiger partial charge in [-0.1, -0.05) is 35.9 Å². The molecule has 28 heavy (non-hydrogen) atoms. The smallest absolute Gasteiger partial charge is 0.428 e. The molecule has 148 valence electrons. The molecular formula is C20H22ClN3O4. The van der Waals surface area contributed by atoms with Crippen molar-refractivity contribution in [3.63, 3.8) is 0 Å². The lowest BCUT2D eigenvalue weighted by Gasteiger charge is -2.07. The number of methoxy groups -OCH3 is 1. The molecule has 0 aliphatic heterocycles. The molecule has 0 saturated heterocycles. The van der Waals surface area contributed by atoms with Crippen LogP contribution in [0.4, 0.5) is 4.79 Å². The van der Waals surface area contributed by atoms with Gasteiger partial charge in [0.15, 0.2) is 0 Å². The van der Waals surface area contributed by atoms with Crippen molar-refractivity contribution in [2.75, 3.05) is 7.11 Å². The third-order valence-corrected chi connectivity index (χ3v) is 3.94. The monoisotopic (exact) mass is 403 g/mol. The highest BCUT2D eigenvalue weighted by atomic mass is 35.5. The Morgan fingerprint density at radius 3 is 2.32 bits per heavy atom. The highest BCUT2D eigenvalue weighted by Gasteiger charge is 2.06. The third kappa shape index (κ3) is 7.67. The summed E-state index contributed by atoms with van der Waals surface area (Å²) in [6.07, 6.45) is -0.636. The Hall–Kier alpha value is -3.06. The number of hydrazone groups is 1. The summed E-state index contributed by atoms with van der Waals surface area (Å²) >= 11 is 5.82. The number of carbonyl (C=O) groups excluding carboxylic acids is 2. The van der Waals surface area contributed by atoms with Crippen LogP contribution in [0.15, 0.2) is 53.6 Å². The Balaban J connectivity index is 1.69. The van der Waals surface area contributed by atoms with E-state index in [1.807, 2.05) is 12.1 Å². The first kappa shape index (κ1) is 21.2. The first-order valence-electron chi connectivity index (χ1n) is 8.56. The number of amides is 2. The van der Waals surface area contributed by atoms with Crippen LogP contribution in [0.2, 0.25) is 5.02 Å². The molecular weight excluding hydrogens is 382 g/mol. The maximum absolute atomic E-state index is 11.9. The molecule has 0 bridgehead atoms. The molecule has 2 N–H and O–H groups in total. The lowest BCUT2D eigenvalue weighted by atomic mass is 10.2. The minimum atomic E-state index is -0.697. The molecule has 0 saturated carbocycles. The number of ether oxygens (including phenoxy) is 2. The second-order valence-corrected chi connectivity index (χ2v) is 6.40. The molecule has 0 heterocycles. The van der Waals surface area contributed by atoms with Crippen molar-refractivity contribution in [3.8, 4) is 5.75 Å². The Morgan fingerprint density at radius 1 is 1.04 bits per heavy atom. The molecule has 0 aliphatic carbocycles. The number of rotatable bonds is 8. The van der Waals surface area contributed by atoms with E-state index < -0.39 is 6.09 Å². The highest BCUT2D eigenvalue weighted by Crippen LogP contribution is 2.12. The van der Waals surface area contributed by atoms with Gasteiger partial charge in [0.1, 0.15) is 12.4 Å². The number of nitrogens with one attached hydrogen (secondary N) is 2. The maximum Gasteiger partial charge on any atom is 0.428 e. The lowest BCUT2D eigenvalue weighted by Crippen LogP contribution is -2.26. The van der Waals surface area contributed by atoms with Crippen LogP contribution in [0.5, 0.6) is 5.75 Å². The van der Waals surface area contributed by atoms with Gasteiger partial charge in [0.05, 0.1) is 13.5 Å². The second-order valence-electron chi connectivity index (χ2n) is 5.96. The zero-order valence-electron chi connectivity index (χ0n) is 15.7. The first-order valence-corrected chi connectivity index (χ1v) is 8.94. The lowest BCUT2D eigenvalue weighted by molar-refractivity contribution is -0.120. The Kier molecular flexibility index (Phi) is 8.30. The molecule has 0 aromatic heterocycles. The summed E-state index contributed by atoms with van der Waals surface area (Å²) in [6, 6.07) is 14.3. The minimum absolute atomic E-state index is 0.0619. The number of hydrogen-bond acceptors (Lipinski definition) is 5. The highest BCUT2D eigenvalue weighted by molar-refractivity contribution is 6.30. The van der Waals surface area contributed by atoms with Crippen LogP contribution in [0.1, 0.15) is 24.5 Å². The summed E-state index contributed by atoms with van der Waals surface area (Å²) in [5.74, 6) is 0.521. The molecule has 2 rings (SSSR count). The van der Waals surface area contributed by atoms with Crippen molar-refractivity contribution >= 4 is 29.3 Å². The molecule has 0 spiro atoms. The van der Waals surface area contributed by atoms with E-state index in [0.717, 1.165) is 16.9 Å². The predicted octanol–water partition coefficient (Wildman–Crippen LogP) is 3.66. The van der Waals surface area contributed by atoms with E-state index in [9.17, 15) is 9.59 Å². The Bertz CT molecular complexity index is 820. The summed E-state index contributed by atoms with van der Waals surface area (Å²) in [4.78, 5) is 23.6. The molecule has 2 aromatic carbocycles. The van der Waals surface area contributed by atoms with Crippen molar-refractivity contribution in [1.29, 1.82) is 0 Å². The van der Waals surface area contributed by atoms with E-state index in [-0.39, 0.29) is 18.9 Å². The van der Waals surface area contributed by atoms with Crippen LogP contribution in [0.25, 0.3) is 0 Å². The average Bonchev–Trinajstić information content (AvgIpc) is 2.70. The number of hydrogen-bond donors (Lipinski definition) is 2. The number of carbonyl (C=O) groups is 2. The van der Waals surface area contributed by atoms with Crippen LogP contribution in [0, 0.1) is 0 Å². The predicted molar refractivity (Wildman–Crippen MR) is 107 cm³/mol. The van der Waals surface area contributed by atoms with Gasteiger partial charge in [0.2, 0.25) is 5.91 Å². The molecule has 2 aromatic rings. The number of nitrogens with zero attached hydrogens (tertiary/aromatic N) is 1. The fourth-order valence-corrected chi connectivity index (χ4v) is 2.31. The molecule has 7 nitrogen and oxygen atoms in total. The zero-order chi connectivity index (χ0) is 20.4. The van der Waals surface area contributed by atoms with Gasteiger partial charge in [-0.3, -0.25) is 4.79 Å². The van der Waals surface area contributed by atoms with Gasteiger partial charge in [-0.15, -0.1) is 0 Å². The third-order valence-electron chi connectivity index (χ3n) is 3.69. The van der Waals surface area contributed by atoms with E-state index in [2.05, 4.69) is 15.8 Å². The van der Waals surface area contributed by atoms with E-state index >= 15 is 0 Å². The van der Waals surface area contributed by atoms with E-state index in [4.69, 9.17) is 21.1 Å².